The Hall–Kier alpha value is -0.0400. The lowest BCUT2D eigenvalue weighted by Gasteiger charge is -2.49. The minimum absolute atomic E-state index is 0.172. The van der Waals surface area contributed by atoms with E-state index in [9.17, 15) is 10.2 Å². The topological polar surface area (TPSA) is 40.5 Å². The summed E-state index contributed by atoms with van der Waals surface area (Å²) in [6.07, 6.45) is 3.16. The van der Waals surface area contributed by atoms with Crippen LogP contribution >= 0.6 is 63.7 Å². The molecule has 1 fully saturated rings. The van der Waals surface area contributed by atoms with Crippen LogP contribution in [-0.2, 0) is 5.41 Å². The van der Waals surface area contributed by atoms with Gasteiger partial charge in [-0.25, -0.2) is 0 Å². The lowest BCUT2D eigenvalue weighted by molar-refractivity contribution is 0.126. The summed E-state index contributed by atoms with van der Waals surface area (Å²) in [5, 5.41) is 20.4. The number of phenolic OH excluding ortho intramolecular Hbond substituents is 2. The molecule has 0 saturated heterocycles. The van der Waals surface area contributed by atoms with Crippen LogP contribution in [0.15, 0.2) is 42.2 Å². The monoisotopic (exact) mass is 622 g/mol. The molecular weight excluding hydrogens is 604 g/mol. The minimum atomic E-state index is -0.224. The third-order valence-corrected chi connectivity index (χ3v) is 7.94. The Morgan fingerprint density at radius 1 is 0.778 bits per heavy atom. The molecule has 1 atom stereocenters. The van der Waals surface area contributed by atoms with E-state index in [4.69, 9.17) is 0 Å². The van der Waals surface area contributed by atoms with Gasteiger partial charge in [0.05, 0.1) is 17.9 Å². The van der Waals surface area contributed by atoms with E-state index in [1.165, 1.54) is 6.42 Å². The Bertz CT molecular complexity index is 788. The Labute approximate surface area is 194 Å². The third kappa shape index (κ3) is 4.15. The van der Waals surface area contributed by atoms with Crippen molar-refractivity contribution in [3.63, 3.8) is 0 Å². The Morgan fingerprint density at radius 3 is 1.48 bits per heavy atom. The van der Waals surface area contributed by atoms with Gasteiger partial charge in [0.15, 0.2) is 0 Å². The number of rotatable bonds is 2. The van der Waals surface area contributed by atoms with Crippen molar-refractivity contribution in [2.45, 2.75) is 45.4 Å². The van der Waals surface area contributed by atoms with Crippen molar-refractivity contribution in [3.8, 4) is 11.5 Å². The second-order valence-electron chi connectivity index (χ2n) is 8.51. The Balaban J connectivity index is 2.31. The van der Waals surface area contributed by atoms with Crippen molar-refractivity contribution < 1.29 is 10.2 Å². The first kappa shape index (κ1) is 21.7. The molecule has 0 aromatic heterocycles. The fourth-order valence-corrected chi connectivity index (χ4v) is 7.23. The molecule has 2 aromatic carbocycles. The quantitative estimate of drug-likeness (QED) is 0.353. The first-order valence-electron chi connectivity index (χ1n) is 8.82. The van der Waals surface area contributed by atoms with Gasteiger partial charge in [-0.15, -0.1) is 0 Å². The van der Waals surface area contributed by atoms with Crippen LogP contribution in [0.2, 0.25) is 0 Å². The van der Waals surface area contributed by atoms with Gasteiger partial charge >= 0.3 is 0 Å². The lowest BCUT2D eigenvalue weighted by atomic mass is 9.55. The molecule has 1 aliphatic carbocycles. The maximum absolute atomic E-state index is 10.2. The molecule has 0 amide bonds. The molecule has 27 heavy (non-hydrogen) atoms. The molecule has 2 nitrogen and oxygen atoms in total. The zero-order valence-electron chi connectivity index (χ0n) is 15.4. The number of hydrogen-bond acceptors (Lipinski definition) is 2. The van der Waals surface area contributed by atoms with Crippen LogP contribution in [0.1, 0.15) is 51.2 Å². The van der Waals surface area contributed by atoms with E-state index in [0.29, 0.717) is 23.8 Å². The van der Waals surface area contributed by atoms with Crippen LogP contribution in [0.5, 0.6) is 11.5 Å². The molecular formula is C21H22Br4O2. The molecule has 0 spiro atoms. The summed E-state index contributed by atoms with van der Waals surface area (Å²) in [4.78, 5) is 0. The van der Waals surface area contributed by atoms with Crippen LogP contribution in [-0.4, -0.2) is 10.2 Å². The van der Waals surface area contributed by atoms with Crippen molar-refractivity contribution in [2.75, 3.05) is 0 Å². The van der Waals surface area contributed by atoms with Gasteiger partial charge in [0, 0.05) is 5.41 Å². The number of phenols is 2. The summed E-state index contributed by atoms with van der Waals surface area (Å²) in [6, 6.07) is 8.12. The summed E-state index contributed by atoms with van der Waals surface area (Å²) >= 11 is 14.0. The highest BCUT2D eigenvalue weighted by atomic mass is 79.9. The number of hydrogen-bond donors (Lipinski definition) is 2. The van der Waals surface area contributed by atoms with Crippen LogP contribution in [0.4, 0.5) is 0 Å². The largest absolute Gasteiger partial charge is 0.506 e. The molecule has 146 valence electrons. The molecule has 2 N–H and O–H groups in total. The van der Waals surface area contributed by atoms with Crippen molar-refractivity contribution in [2.24, 2.45) is 11.3 Å². The lowest BCUT2D eigenvalue weighted by Crippen LogP contribution is -2.41. The van der Waals surface area contributed by atoms with Crippen LogP contribution in [0.3, 0.4) is 0 Å². The Kier molecular flexibility index (Phi) is 6.14. The second-order valence-corrected chi connectivity index (χ2v) is 11.9. The van der Waals surface area contributed by atoms with Gasteiger partial charge in [0.1, 0.15) is 11.5 Å². The first-order chi connectivity index (χ1) is 12.4. The molecule has 3 rings (SSSR count). The van der Waals surface area contributed by atoms with E-state index >= 15 is 0 Å². The van der Waals surface area contributed by atoms with Crippen LogP contribution < -0.4 is 0 Å². The summed E-state index contributed by atoms with van der Waals surface area (Å²) in [6.45, 7) is 6.96. The van der Waals surface area contributed by atoms with E-state index in [2.05, 4.69) is 84.5 Å². The van der Waals surface area contributed by atoms with Crippen molar-refractivity contribution >= 4 is 63.7 Å². The standard InChI is InChI=1S/C21H22Br4O2/c1-11-8-20(2,3)10-21(9-11,12-4-14(22)18(26)15(23)5-12)13-6-16(24)19(27)17(25)7-13/h4-7,11,26-27H,8-10H2,1-3H3. The predicted molar refractivity (Wildman–Crippen MR) is 125 cm³/mol. The molecule has 0 radical (unpaired) electrons. The molecule has 0 heterocycles. The number of aromatic hydroxyl groups is 2. The highest BCUT2D eigenvalue weighted by Crippen LogP contribution is 2.56. The van der Waals surface area contributed by atoms with Gasteiger partial charge in [0.25, 0.3) is 0 Å². The summed E-state index contributed by atoms with van der Waals surface area (Å²) < 4.78 is 2.72. The number of halogens is 4. The molecule has 1 unspecified atom stereocenters. The molecule has 6 heteroatoms. The van der Waals surface area contributed by atoms with E-state index in [0.717, 1.165) is 24.0 Å². The van der Waals surface area contributed by atoms with E-state index < -0.39 is 0 Å². The minimum Gasteiger partial charge on any atom is -0.506 e. The fraction of sp³-hybridized carbons (Fsp3) is 0.429. The van der Waals surface area contributed by atoms with Crippen LogP contribution in [0.25, 0.3) is 0 Å². The zero-order chi connectivity index (χ0) is 20.1. The maximum atomic E-state index is 10.2. The highest BCUT2D eigenvalue weighted by Gasteiger charge is 2.46. The summed E-state index contributed by atoms with van der Waals surface area (Å²) in [5.41, 5.74) is 2.26. The fourth-order valence-electron chi connectivity index (χ4n) is 4.86. The molecule has 0 bridgehead atoms. The van der Waals surface area contributed by atoms with Gasteiger partial charge in [-0.05, 0) is 130 Å². The molecule has 2 aromatic rings. The normalized spacial score (nSPS) is 21.2. The summed E-state index contributed by atoms with van der Waals surface area (Å²) in [5.74, 6) is 0.974. The maximum Gasteiger partial charge on any atom is 0.143 e. The first-order valence-corrected chi connectivity index (χ1v) is 12.0. The second kappa shape index (κ2) is 7.66. The van der Waals surface area contributed by atoms with Crippen LogP contribution in [0, 0.1) is 11.3 Å². The molecule has 0 aliphatic heterocycles. The van der Waals surface area contributed by atoms with Gasteiger partial charge in [-0.3, -0.25) is 0 Å². The molecule has 1 saturated carbocycles. The van der Waals surface area contributed by atoms with Crippen molar-refractivity contribution in [1.82, 2.24) is 0 Å². The van der Waals surface area contributed by atoms with Gasteiger partial charge < -0.3 is 10.2 Å². The third-order valence-electron chi connectivity index (χ3n) is 5.52. The molecule has 1 aliphatic rings. The van der Waals surface area contributed by atoms with E-state index in [1.807, 2.05) is 24.3 Å². The highest BCUT2D eigenvalue weighted by molar-refractivity contribution is 9.11. The SMILES string of the molecule is CC1CC(C)(C)CC(c2cc(Br)c(O)c(Br)c2)(c2cc(Br)c(O)c(Br)c2)C1. The zero-order valence-corrected chi connectivity index (χ0v) is 21.8. The Morgan fingerprint density at radius 2 is 1.15 bits per heavy atom. The van der Waals surface area contributed by atoms with Gasteiger partial charge in [-0.2, -0.15) is 0 Å². The average molecular weight is 626 g/mol. The van der Waals surface area contributed by atoms with Gasteiger partial charge in [0.2, 0.25) is 0 Å². The van der Waals surface area contributed by atoms with Gasteiger partial charge in [-0.1, -0.05) is 20.8 Å². The predicted octanol–water partition coefficient (Wildman–Crippen LogP) is 8.28. The number of benzene rings is 2. The smallest absolute Gasteiger partial charge is 0.143 e. The van der Waals surface area contributed by atoms with E-state index in [-0.39, 0.29) is 22.3 Å². The van der Waals surface area contributed by atoms with E-state index in [1.54, 1.807) is 0 Å². The summed E-state index contributed by atoms with van der Waals surface area (Å²) in [7, 11) is 0. The van der Waals surface area contributed by atoms with Crippen molar-refractivity contribution in [3.05, 3.63) is 53.3 Å². The van der Waals surface area contributed by atoms with Crippen molar-refractivity contribution in [1.29, 1.82) is 0 Å². The average Bonchev–Trinajstić information content (AvgIpc) is 2.54.